The van der Waals surface area contributed by atoms with Crippen LogP contribution in [-0.2, 0) is 0 Å². The van der Waals surface area contributed by atoms with E-state index in [1.807, 2.05) is 0 Å². The molecule has 0 amide bonds. The number of Topliss-reactive ketones (excluding diaryl/α,β-unsaturated/α-hetero) is 3. The summed E-state index contributed by atoms with van der Waals surface area (Å²) in [5.74, 6) is -1.86. The van der Waals surface area contributed by atoms with E-state index in [0.717, 1.165) is 0 Å². The van der Waals surface area contributed by atoms with Gasteiger partial charge in [0.05, 0.1) is 10.0 Å². The van der Waals surface area contributed by atoms with E-state index in [2.05, 4.69) is 15.9 Å². The van der Waals surface area contributed by atoms with Crippen LogP contribution < -0.4 is 0 Å². The average Bonchev–Trinajstić information content (AvgIpc) is 2.75. The number of carbonyl (C=O) groups is 3. The summed E-state index contributed by atoms with van der Waals surface area (Å²) in [5.41, 5.74) is 0.505. The summed E-state index contributed by atoms with van der Waals surface area (Å²) in [5, 5.41) is 55.2. The van der Waals surface area contributed by atoms with Gasteiger partial charge in [-0.1, -0.05) is 6.07 Å². The van der Waals surface area contributed by atoms with Crippen LogP contribution in [0.4, 0.5) is 0 Å². The number of rotatable bonds is 3. The summed E-state index contributed by atoms with van der Waals surface area (Å²) in [6, 6.07) is 9.80. The van der Waals surface area contributed by atoms with E-state index in [-0.39, 0.29) is 68.5 Å². The lowest BCUT2D eigenvalue weighted by atomic mass is 10.1. The maximum absolute atomic E-state index is 10.9. The van der Waals surface area contributed by atoms with Crippen molar-refractivity contribution < 1.29 is 45.0 Å². The standard InChI is InChI=1S/C9H10O3.C8H7BrO3.C8H8O3/c1-5-8(11)4-3-7(6(2)10)9(5)12;1-4(10)7-6(11)3-2-5(9)8(7)12;1-5(9)8-6(10)3-2-4-7(8)11/h3-4,11-12H,1-2H3;2-3,11-12H,1H3;2-4,10-11H,1H3. The van der Waals surface area contributed by atoms with E-state index in [1.54, 1.807) is 6.92 Å². The minimum atomic E-state index is -0.369. The molecular formula is C25H25BrO9. The quantitative estimate of drug-likeness (QED) is 0.247. The molecule has 6 N–H and O–H groups in total. The molecule has 35 heavy (non-hydrogen) atoms. The van der Waals surface area contributed by atoms with E-state index >= 15 is 0 Å². The number of aromatic hydroxyl groups is 6. The minimum Gasteiger partial charge on any atom is -0.508 e. The van der Waals surface area contributed by atoms with Gasteiger partial charge in [-0.2, -0.15) is 0 Å². The van der Waals surface area contributed by atoms with Crippen LogP contribution in [0.15, 0.2) is 46.9 Å². The largest absolute Gasteiger partial charge is 0.508 e. The highest BCUT2D eigenvalue weighted by Gasteiger charge is 2.14. The number of hydrogen-bond donors (Lipinski definition) is 6. The molecule has 0 bridgehead atoms. The number of halogens is 1. The number of ketones is 3. The Morgan fingerprint density at radius 1 is 0.600 bits per heavy atom. The van der Waals surface area contributed by atoms with Crippen molar-refractivity contribution in [3.05, 3.63) is 69.2 Å². The van der Waals surface area contributed by atoms with Crippen molar-refractivity contribution >= 4 is 33.3 Å². The zero-order valence-electron chi connectivity index (χ0n) is 19.3. The summed E-state index contributed by atoms with van der Waals surface area (Å²) in [7, 11) is 0. The second-order valence-electron chi connectivity index (χ2n) is 7.24. The van der Waals surface area contributed by atoms with Gasteiger partial charge in [-0.15, -0.1) is 0 Å². The smallest absolute Gasteiger partial charge is 0.167 e. The fraction of sp³-hybridized carbons (Fsp3) is 0.160. The Kier molecular flexibility index (Phi) is 10.3. The molecule has 186 valence electrons. The number of phenolic OH excluding ortho intramolecular Hbond substituents is 6. The third kappa shape index (κ3) is 7.47. The van der Waals surface area contributed by atoms with Gasteiger partial charge in [0.15, 0.2) is 17.3 Å². The number of phenols is 6. The minimum absolute atomic E-state index is 0.00231. The Labute approximate surface area is 209 Å². The molecule has 3 aromatic rings. The van der Waals surface area contributed by atoms with Gasteiger partial charge in [-0.3, -0.25) is 14.4 Å². The van der Waals surface area contributed by atoms with Crippen molar-refractivity contribution in [2.45, 2.75) is 27.7 Å². The molecule has 0 atom stereocenters. The molecule has 0 saturated carbocycles. The van der Waals surface area contributed by atoms with E-state index < -0.39 is 0 Å². The second-order valence-corrected chi connectivity index (χ2v) is 8.09. The van der Waals surface area contributed by atoms with Crippen molar-refractivity contribution in [1.82, 2.24) is 0 Å². The highest BCUT2D eigenvalue weighted by Crippen LogP contribution is 2.34. The van der Waals surface area contributed by atoms with Crippen LogP contribution in [0.5, 0.6) is 34.5 Å². The average molecular weight is 549 g/mol. The van der Waals surface area contributed by atoms with Gasteiger partial charge < -0.3 is 30.6 Å². The van der Waals surface area contributed by atoms with Crippen molar-refractivity contribution in [2.24, 2.45) is 0 Å². The van der Waals surface area contributed by atoms with Gasteiger partial charge in [0.25, 0.3) is 0 Å². The molecule has 0 fully saturated rings. The van der Waals surface area contributed by atoms with Crippen LogP contribution in [0.3, 0.4) is 0 Å². The molecule has 3 aromatic carbocycles. The van der Waals surface area contributed by atoms with Gasteiger partial charge in [-0.05, 0) is 80.0 Å². The molecule has 0 heterocycles. The Balaban J connectivity index is 0.000000263. The van der Waals surface area contributed by atoms with E-state index in [9.17, 15) is 29.7 Å². The zero-order chi connectivity index (χ0) is 27.0. The lowest BCUT2D eigenvalue weighted by Gasteiger charge is -2.04. The van der Waals surface area contributed by atoms with E-state index in [0.29, 0.717) is 10.0 Å². The van der Waals surface area contributed by atoms with Gasteiger partial charge in [0.1, 0.15) is 45.6 Å². The Morgan fingerprint density at radius 2 is 1.06 bits per heavy atom. The van der Waals surface area contributed by atoms with Crippen molar-refractivity contribution in [3.8, 4) is 34.5 Å². The fourth-order valence-corrected chi connectivity index (χ4v) is 3.10. The lowest BCUT2D eigenvalue weighted by Crippen LogP contribution is -1.93. The van der Waals surface area contributed by atoms with Crippen LogP contribution in [0.1, 0.15) is 57.4 Å². The first-order valence-electron chi connectivity index (χ1n) is 9.96. The van der Waals surface area contributed by atoms with E-state index in [1.165, 1.54) is 63.2 Å². The molecular weight excluding hydrogens is 524 g/mol. The number of benzene rings is 3. The molecule has 0 saturated heterocycles. The maximum Gasteiger partial charge on any atom is 0.167 e. The first-order valence-corrected chi connectivity index (χ1v) is 10.8. The number of carbonyl (C=O) groups excluding carboxylic acids is 3. The van der Waals surface area contributed by atoms with Crippen LogP contribution in [0.2, 0.25) is 0 Å². The van der Waals surface area contributed by atoms with Crippen LogP contribution in [0.25, 0.3) is 0 Å². The molecule has 10 heteroatoms. The van der Waals surface area contributed by atoms with Gasteiger partial charge in [0, 0.05) is 5.56 Å². The van der Waals surface area contributed by atoms with Crippen LogP contribution in [-0.4, -0.2) is 48.0 Å². The summed E-state index contributed by atoms with van der Waals surface area (Å²) in [6.45, 7) is 5.48. The third-order valence-electron chi connectivity index (χ3n) is 4.61. The first-order chi connectivity index (χ1) is 16.2. The van der Waals surface area contributed by atoms with E-state index in [4.69, 9.17) is 15.3 Å². The molecule has 0 unspecified atom stereocenters. The normalized spacial score (nSPS) is 9.74. The summed E-state index contributed by atoms with van der Waals surface area (Å²) in [6.07, 6.45) is 0. The van der Waals surface area contributed by atoms with Gasteiger partial charge >= 0.3 is 0 Å². The predicted octanol–water partition coefficient (Wildman–Crippen LogP) is 4.97. The Hall–Kier alpha value is -4.05. The van der Waals surface area contributed by atoms with Gasteiger partial charge in [-0.25, -0.2) is 0 Å². The highest BCUT2D eigenvalue weighted by atomic mass is 79.9. The molecule has 9 nitrogen and oxygen atoms in total. The Bertz CT molecular complexity index is 1250. The molecule has 0 radical (unpaired) electrons. The van der Waals surface area contributed by atoms with Crippen molar-refractivity contribution in [1.29, 1.82) is 0 Å². The van der Waals surface area contributed by atoms with Gasteiger partial charge in [0.2, 0.25) is 0 Å². The summed E-state index contributed by atoms with van der Waals surface area (Å²) >= 11 is 3.04. The summed E-state index contributed by atoms with van der Waals surface area (Å²) in [4.78, 5) is 32.6. The van der Waals surface area contributed by atoms with Crippen molar-refractivity contribution in [3.63, 3.8) is 0 Å². The van der Waals surface area contributed by atoms with Crippen molar-refractivity contribution in [2.75, 3.05) is 0 Å². The Morgan fingerprint density at radius 3 is 1.46 bits per heavy atom. The van der Waals surface area contributed by atoms with Crippen LogP contribution in [0, 0.1) is 6.92 Å². The molecule has 3 rings (SSSR count). The molecule has 0 spiro atoms. The monoisotopic (exact) mass is 548 g/mol. The molecule has 0 aliphatic heterocycles. The topological polar surface area (TPSA) is 173 Å². The molecule has 0 aromatic heterocycles. The lowest BCUT2D eigenvalue weighted by molar-refractivity contribution is 0.0998. The van der Waals surface area contributed by atoms with Crippen LogP contribution >= 0.6 is 15.9 Å². The summed E-state index contributed by atoms with van der Waals surface area (Å²) < 4.78 is 0.394. The highest BCUT2D eigenvalue weighted by molar-refractivity contribution is 9.10. The second kappa shape index (κ2) is 12.4. The SMILES string of the molecule is CC(=O)c1c(O)ccc(Br)c1O.CC(=O)c1c(O)cccc1O.CC(=O)c1ccc(O)c(C)c1O. The number of hydrogen-bond acceptors (Lipinski definition) is 9. The fourth-order valence-electron chi connectivity index (χ4n) is 2.76. The molecule has 0 aliphatic carbocycles. The third-order valence-corrected chi connectivity index (χ3v) is 5.25. The zero-order valence-corrected chi connectivity index (χ0v) is 20.9. The predicted molar refractivity (Wildman–Crippen MR) is 132 cm³/mol. The maximum atomic E-state index is 10.9. The molecule has 0 aliphatic rings. The first kappa shape index (κ1) is 29.0.